The topological polar surface area (TPSA) is 58.0 Å². The SMILES string of the molecule is Cc1nsc(NC2CCCC2CCO)n1. The molecule has 1 aromatic heterocycles. The van der Waals surface area contributed by atoms with Crippen molar-refractivity contribution in [2.24, 2.45) is 5.92 Å². The number of aryl methyl sites for hydroxylation is 1. The van der Waals surface area contributed by atoms with E-state index in [4.69, 9.17) is 5.11 Å². The molecule has 15 heavy (non-hydrogen) atoms. The predicted octanol–water partition coefficient (Wildman–Crippen LogP) is 1.81. The fraction of sp³-hybridized carbons (Fsp3) is 0.800. The van der Waals surface area contributed by atoms with Gasteiger partial charge in [-0.2, -0.15) is 4.37 Å². The van der Waals surface area contributed by atoms with Gasteiger partial charge in [-0.05, 0) is 32.1 Å². The minimum Gasteiger partial charge on any atom is -0.396 e. The summed E-state index contributed by atoms with van der Waals surface area (Å²) in [7, 11) is 0. The minimum atomic E-state index is 0.290. The molecule has 4 nitrogen and oxygen atoms in total. The van der Waals surface area contributed by atoms with Gasteiger partial charge in [-0.3, -0.25) is 0 Å². The third kappa shape index (κ3) is 2.66. The van der Waals surface area contributed by atoms with Crippen LogP contribution in [0.25, 0.3) is 0 Å². The molecule has 0 spiro atoms. The third-order valence-corrected chi connectivity index (χ3v) is 3.73. The van der Waals surface area contributed by atoms with E-state index in [-0.39, 0.29) is 6.61 Å². The highest BCUT2D eigenvalue weighted by atomic mass is 32.1. The lowest BCUT2D eigenvalue weighted by molar-refractivity contribution is 0.254. The summed E-state index contributed by atoms with van der Waals surface area (Å²) in [6.45, 7) is 2.19. The molecule has 2 unspecified atom stereocenters. The quantitative estimate of drug-likeness (QED) is 0.823. The number of hydrogen-bond donors (Lipinski definition) is 2. The fourth-order valence-electron chi connectivity index (χ4n) is 2.25. The summed E-state index contributed by atoms with van der Waals surface area (Å²) in [6.07, 6.45) is 4.55. The Morgan fingerprint density at radius 1 is 1.53 bits per heavy atom. The van der Waals surface area contributed by atoms with Crippen molar-refractivity contribution in [1.82, 2.24) is 9.36 Å². The second-order valence-electron chi connectivity index (χ2n) is 4.10. The Bertz CT molecular complexity index is 315. The molecule has 1 aliphatic rings. The first-order valence-electron chi connectivity index (χ1n) is 5.47. The number of aliphatic hydroxyl groups excluding tert-OH is 1. The first-order valence-corrected chi connectivity index (χ1v) is 6.24. The zero-order chi connectivity index (χ0) is 10.7. The molecule has 0 bridgehead atoms. The van der Waals surface area contributed by atoms with Gasteiger partial charge in [-0.15, -0.1) is 0 Å². The summed E-state index contributed by atoms with van der Waals surface area (Å²) >= 11 is 1.42. The molecule has 1 aliphatic carbocycles. The molecule has 0 aromatic carbocycles. The van der Waals surface area contributed by atoms with Gasteiger partial charge in [0.25, 0.3) is 0 Å². The van der Waals surface area contributed by atoms with Gasteiger partial charge in [-0.1, -0.05) is 6.42 Å². The number of nitrogens with one attached hydrogen (secondary N) is 1. The van der Waals surface area contributed by atoms with E-state index in [0.29, 0.717) is 12.0 Å². The van der Waals surface area contributed by atoms with Gasteiger partial charge in [0.2, 0.25) is 5.13 Å². The second-order valence-corrected chi connectivity index (χ2v) is 4.85. The molecule has 0 radical (unpaired) electrons. The molecule has 2 atom stereocenters. The van der Waals surface area contributed by atoms with Crippen molar-refractivity contribution >= 4 is 16.7 Å². The molecule has 84 valence electrons. The lowest BCUT2D eigenvalue weighted by atomic mass is 10.0. The Kier molecular flexibility index (Phi) is 3.53. The van der Waals surface area contributed by atoms with Crippen LogP contribution >= 0.6 is 11.5 Å². The van der Waals surface area contributed by atoms with E-state index in [1.165, 1.54) is 30.8 Å². The molecule has 1 heterocycles. The van der Waals surface area contributed by atoms with E-state index >= 15 is 0 Å². The van der Waals surface area contributed by atoms with Crippen molar-refractivity contribution in [3.05, 3.63) is 5.82 Å². The van der Waals surface area contributed by atoms with Crippen LogP contribution < -0.4 is 5.32 Å². The summed E-state index contributed by atoms with van der Waals surface area (Å²) in [6, 6.07) is 0.476. The predicted molar refractivity (Wildman–Crippen MR) is 61.1 cm³/mol. The molecular weight excluding hydrogens is 210 g/mol. The molecule has 1 fully saturated rings. The van der Waals surface area contributed by atoms with Crippen LogP contribution in [0.4, 0.5) is 5.13 Å². The summed E-state index contributed by atoms with van der Waals surface area (Å²) < 4.78 is 4.15. The normalized spacial score (nSPS) is 25.7. The Balaban J connectivity index is 1.93. The average molecular weight is 227 g/mol. The summed E-state index contributed by atoms with van der Waals surface area (Å²) in [5.41, 5.74) is 0. The maximum atomic E-state index is 8.96. The first-order chi connectivity index (χ1) is 7.29. The van der Waals surface area contributed by atoms with E-state index in [1.807, 2.05) is 6.92 Å². The fourth-order valence-corrected chi connectivity index (χ4v) is 2.89. The maximum absolute atomic E-state index is 8.96. The van der Waals surface area contributed by atoms with Crippen LogP contribution in [0.5, 0.6) is 0 Å². The molecule has 2 N–H and O–H groups in total. The maximum Gasteiger partial charge on any atom is 0.202 e. The van der Waals surface area contributed by atoms with Gasteiger partial charge in [-0.25, -0.2) is 4.98 Å². The Labute approximate surface area is 93.9 Å². The van der Waals surface area contributed by atoms with Crippen molar-refractivity contribution in [3.63, 3.8) is 0 Å². The highest BCUT2D eigenvalue weighted by Crippen LogP contribution is 2.31. The van der Waals surface area contributed by atoms with Gasteiger partial charge in [0, 0.05) is 24.2 Å². The number of rotatable bonds is 4. The van der Waals surface area contributed by atoms with E-state index < -0.39 is 0 Å². The summed E-state index contributed by atoms with van der Waals surface area (Å²) in [5.74, 6) is 1.43. The molecule has 1 aromatic rings. The average Bonchev–Trinajstić information content (AvgIpc) is 2.78. The first kappa shape index (κ1) is 10.8. The third-order valence-electron chi connectivity index (χ3n) is 3.00. The van der Waals surface area contributed by atoms with E-state index in [2.05, 4.69) is 14.7 Å². The molecule has 0 aliphatic heterocycles. The zero-order valence-electron chi connectivity index (χ0n) is 8.94. The van der Waals surface area contributed by atoms with Crippen molar-refractivity contribution in [3.8, 4) is 0 Å². The van der Waals surface area contributed by atoms with Crippen LogP contribution in [0.3, 0.4) is 0 Å². The summed E-state index contributed by atoms with van der Waals surface area (Å²) in [5, 5.41) is 13.3. The lowest BCUT2D eigenvalue weighted by Crippen LogP contribution is -2.24. The number of anilines is 1. The highest BCUT2D eigenvalue weighted by molar-refractivity contribution is 7.09. The number of aliphatic hydroxyl groups is 1. The second kappa shape index (κ2) is 4.90. The lowest BCUT2D eigenvalue weighted by Gasteiger charge is -2.19. The number of nitrogens with zero attached hydrogens (tertiary/aromatic N) is 2. The molecule has 1 saturated carbocycles. The van der Waals surface area contributed by atoms with Gasteiger partial charge < -0.3 is 10.4 Å². The van der Waals surface area contributed by atoms with Crippen molar-refractivity contribution < 1.29 is 5.11 Å². The highest BCUT2D eigenvalue weighted by Gasteiger charge is 2.27. The van der Waals surface area contributed by atoms with Crippen LogP contribution in [0.1, 0.15) is 31.5 Å². The van der Waals surface area contributed by atoms with Crippen LogP contribution in [0, 0.1) is 12.8 Å². The van der Waals surface area contributed by atoms with Gasteiger partial charge >= 0.3 is 0 Å². The van der Waals surface area contributed by atoms with Crippen LogP contribution in [-0.2, 0) is 0 Å². The Morgan fingerprint density at radius 2 is 2.40 bits per heavy atom. The molecule has 0 amide bonds. The van der Waals surface area contributed by atoms with Crippen molar-refractivity contribution in [1.29, 1.82) is 0 Å². The standard InChI is InChI=1S/C10H17N3OS/c1-7-11-10(15-13-7)12-9-4-2-3-8(9)5-6-14/h8-9,14H,2-6H2,1H3,(H,11,12,13). The van der Waals surface area contributed by atoms with Crippen LogP contribution in [0.2, 0.25) is 0 Å². The Hall–Kier alpha value is -0.680. The van der Waals surface area contributed by atoms with E-state index in [1.54, 1.807) is 0 Å². The van der Waals surface area contributed by atoms with Crippen LogP contribution in [0.15, 0.2) is 0 Å². The molecule has 2 rings (SSSR count). The molecular formula is C10H17N3OS. The number of aromatic nitrogens is 2. The smallest absolute Gasteiger partial charge is 0.202 e. The zero-order valence-corrected chi connectivity index (χ0v) is 9.76. The Morgan fingerprint density at radius 3 is 3.07 bits per heavy atom. The van der Waals surface area contributed by atoms with Crippen molar-refractivity contribution in [2.45, 2.75) is 38.6 Å². The van der Waals surface area contributed by atoms with Gasteiger partial charge in [0.1, 0.15) is 5.82 Å². The van der Waals surface area contributed by atoms with Gasteiger partial charge in [0.15, 0.2) is 0 Å². The minimum absolute atomic E-state index is 0.290. The number of hydrogen-bond acceptors (Lipinski definition) is 5. The van der Waals surface area contributed by atoms with E-state index in [0.717, 1.165) is 17.4 Å². The van der Waals surface area contributed by atoms with Crippen molar-refractivity contribution in [2.75, 3.05) is 11.9 Å². The summed E-state index contributed by atoms with van der Waals surface area (Å²) in [4.78, 5) is 4.30. The molecule has 5 heteroatoms. The van der Waals surface area contributed by atoms with Crippen LogP contribution in [-0.4, -0.2) is 27.1 Å². The molecule has 0 saturated heterocycles. The monoisotopic (exact) mass is 227 g/mol. The van der Waals surface area contributed by atoms with Gasteiger partial charge in [0.05, 0.1) is 0 Å². The largest absolute Gasteiger partial charge is 0.396 e. The van der Waals surface area contributed by atoms with E-state index in [9.17, 15) is 0 Å².